The van der Waals surface area contributed by atoms with Gasteiger partial charge < -0.3 is 10.3 Å². The summed E-state index contributed by atoms with van der Waals surface area (Å²) >= 11 is 0. The number of rotatable bonds is 5. The second-order valence-corrected chi connectivity index (χ2v) is 3.96. The zero-order valence-corrected chi connectivity index (χ0v) is 10.0. The Kier molecular flexibility index (Phi) is 3.69. The molecular formula is C12H14N4O2. The molecule has 0 atom stereocenters. The highest BCUT2D eigenvalue weighted by atomic mass is 16.6. The number of para-hydroxylation sites is 1. The fourth-order valence-electron chi connectivity index (χ4n) is 1.72. The predicted octanol–water partition coefficient (Wildman–Crippen LogP) is 1.92. The van der Waals surface area contributed by atoms with Gasteiger partial charge in [-0.3, -0.25) is 10.1 Å². The largest absolute Gasteiger partial charge is 0.348 e. The maximum absolute atomic E-state index is 10.8. The number of nitro groups is 1. The van der Waals surface area contributed by atoms with E-state index in [0.29, 0.717) is 18.7 Å². The molecule has 0 aliphatic carbocycles. The first-order valence-electron chi connectivity index (χ1n) is 5.60. The van der Waals surface area contributed by atoms with E-state index in [4.69, 9.17) is 0 Å². The Morgan fingerprint density at radius 1 is 1.39 bits per heavy atom. The van der Waals surface area contributed by atoms with Crippen LogP contribution in [0.3, 0.4) is 0 Å². The molecule has 6 nitrogen and oxygen atoms in total. The monoisotopic (exact) mass is 246 g/mol. The van der Waals surface area contributed by atoms with E-state index in [0.717, 1.165) is 11.4 Å². The van der Waals surface area contributed by atoms with E-state index < -0.39 is 0 Å². The molecule has 0 fully saturated rings. The van der Waals surface area contributed by atoms with Crippen molar-refractivity contribution in [3.8, 4) is 0 Å². The van der Waals surface area contributed by atoms with Gasteiger partial charge in [-0.1, -0.05) is 18.2 Å². The topological polar surface area (TPSA) is 83.8 Å². The maximum atomic E-state index is 10.8. The average Bonchev–Trinajstić information content (AvgIpc) is 2.76. The summed E-state index contributed by atoms with van der Waals surface area (Å²) in [5.41, 5.74) is 2.75. The molecule has 0 saturated heterocycles. The van der Waals surface area contributed by atoms with Gasteiger partial charge in [0.05, 0.1) is 16.9 Å². The Morgan fingerprint density at radius 2 is 2.17 bits per heavy atom. The predicted molar refractivity (Wildman–Crippen MR) is 67.0 cm³/mol. The number of H-pyrrole nitrogens is 1. The molecule has 1 aromatic carbocycles. The van der Waals surface area contributed by atoms with Crippen molar-refractivity contribution in [3.63, 3.8) is 0 Å². The van der Waals surface area contributed by atoms with Crippen molar-refractivity contribution in [2.75, 3.05) is 0 Å². The van der Waals surface area contributed by atoms with Crippen LogP contribution in [-0.2, 0) is 13.1 Å². The molecule has 6 heteroatoms. The van der Waals surface area contributed by atoms with Crippen LogP contribution in [0, 0.1) is 17.0 Å². The minimum Gasteiger partial charge on any atom is -0.348 e. The van der Waals surface area contributed by atoms with E-state index in [-0.39, 0.29) is 10.6 Å². The van der Waals surface area contributed by atoms with Gasteiger partial charge in [-0.05, 0) is 6.92 Å². The lowest BCUT2D eigenvalue weighted by molar-refractivity contribution is -0.385. The van der Waals surface area contributed by atoms with Gasteiger partial charge in [0.25, 0.3) is 5.69 Å². The normalized spacial score (nSPS) is 10.5. The van der Waals surface area contributed by atoms with Gasteiger partial charge in [-0.15, -0.1) is 0 Å². The van der Waals surface area contributed by atoms with Crippen LogP contribution in [0.1, 0.15) is 17.0 Å². The summed E-state index contributed by atoms with van der Waals surface area (Å²) in [6, 6.07) is 6.72. The van der Waals surface area contributed by atoms with Crippen molar-refractivity contribution in [1.29, 1.82) is 0 Å². The number of imidazole rings is 1. The number of aromatic nitrogens is 2. The number of aromatic amines is 1. The minimum absolute atomic E-state index is 0.142. The van der Waals surface area contributed by atoms with E-state index in [1.165, 1.54) is 6.07 Å². The summed E-state index contributed by atoms with van der Waals surface area (Å²) < 4.78 is 0. The molecule has 0 amide bonds. The van der Waals surface area contributed by atoms with Crippen LogP contribution >= 0.6 is 0 Å². The fraction of sp³-hybridized carbons (Fsp3) is 0.250. The molecular weight excluding hydrogens is 232 g/mol. The highest BCUT2D eigenvalue weighted by Gasteiger charge is 2.11. The molecule has 1 heterocycles. The van der Waals surface area contributed by atoms with Crippen molar-refractivity contribution in [2.45, 2.75) is 20.0 Å². The second kappa shape index (κ2) is 5.42. The van der Waals surface area contributed by atoms with Crippen LogP contribution in [-0.4, -0.2) is 14.9 Å². The van der Waals surface area contributed by atoms with Crippen molar-refractivity contribution in [2.24, 2.45) is 0 Å². The lowest BCUT2D eigenvalue weighted by Gasteiger charge is -2.04. The van der Waals surface area contributed by atoms with Gasteiger partial charge >= 0.3 is 0 Å². The highest BCUT2D eigenvalue weighted by Crippen LogP contribution is 2.17. The molecule has 0 spiro atoms. The molecule has 0 bridgehead atoms. The molecule has 0 aliphatic rings. The Bertz CT molecular complexity index is 551. The summed E-state index contributed by atoms with van der Waals surface area (Å²) in [4.78, 5) is 17.6. The Hall–Kier alpha value is -2.21. The SMILES string of the molecule is Cc1[nH]cnc1CNCc1ccccc1[N+](=O)[O-]. The molecule has 0 radical (unpaired) electrons. The van der Waals surface area contributed by atoms with Gasteiger partial charge in [-0.25, -0.2) is 4.98 Å². The number of benzene rings is 1. The van der Waals surface area contributed by atoms with E-state index in [9.17, 15) is 10.1 Å². The standard InChI is InChI=1S/C12H14N4O2/c1-9-11(15-8-14-9)7-13-6-10-4-2-3-5-12(10)16(17)18/h2-5,8,13H,6-7H2,1H3,(H,14,15). The van der Waals surface area contributed by atoms with E-state index >= 15 is 0 Å². The first-order valence-corrected chi connectivity index (χ1v) is 5.60. The van der Waals surface area contributed by atoms with Crippen LogP contribution in [0.2, 0.25) is 0 Å². The third-order valence-electron chi connectivity index (χ3n) is 2.73. The Labute approximate surface area is 104 Å². The first-order chi connectivity index (χ1) is 8.68. The number of nitrogens with zero attached hydrogens (tertiary/aromatic N) is 2. The zero-order chi connectivity index (χ0) is 13.0. The zero-order valence-electron chi connectivity index (χ0n) is 10.0. The van der Waals surface area contributed by atoms with Crippen LogP contribution < -0.4 is 5.32 Å². The summed E-state index contributed by atoms with van der Waals surface area (Å²) in [5.74, 6) is 0. The number of hydrogen-bond acceptors (Lipinski definition) is 4. The van der Waals surface area contributed by atoms with Crippen LogP contribution in [0.15, 0.2) is 30.6 Å². The molecule has 0 saturated carbocycles. The summed E-state index contributed by atoms with van der Waals surface area (Å²) in [6.45, 7) is 2.97. The second-order valence-electron chi connectivity index (χ2n) is 3.96. The molecule has 2 rings (SSSR count). The molecule has 0 aliphatic heterocycles. The fourth-order valence-corrected chi connectivity index (χ4v) is 1.72. The molecule has 2 N–H and O–H groups in total. The van der Waals surface area contributed by atoms with E-state index in [1.54, 1.807) is 24.5 Å². The third-order valence-corrected chi connectivity index (χ3v) is 2.73. The van der Waals surface area contributed by atoms with Gasteiger partial charge in [-0.2, -0.15) is 0 Å². The smallest absolute Gasteiger partial charge is 0.273 e. The van der Waals surface area contributed by atoms with Gasteiger partial charge in [0, 0.05) is 30.4 Å². The molecule has 18 heavy (non-hydrogen) atoms. The number of nitro benzene ring substituents is 1. The molecule has 94 valence electrons. The Morgan fingerprint density at radius 3 is 2.83 bits per heavy atom. The van der Waals surface area contributed by atoms with Crippen molar-refractivity contribution < 1.29 is 4.92 Å². The highest BCUT2D eigenvalue weighted by molar-refractivity contribution is 5.39. The van der Waals surface area contributed by atoms with Gasteiger partial charge in [0.15, 0.2) is 0 Å². The van der Waals surface area contributed by atoms with Crippen LogP contribution in [0.25, 0.3) is 0 Å². The molecule has 0 unspecified atom stereocenters. The summed E-state index contributed by atoms with van der Waals surface area (Å²) in [7, 11) is 0. The van der Waals surface area contributed by atoms with Crippen molar-refractivity contribution in [1.82, 2.24) is 15.3 Å². The lowest BCUT2D eigenvalue weighted by Crippen LogP contribution is -2.14. The minimum atomic E-state index is -0.364. The Balaban J connectivity index is 1.99. The maximum Gasteiger partial charge on any atom is 0.273 e. The quantitative estimate of drug-likeness (QED) is 0.623. The number of hydrogen-bond donors (Lipinski definition) is 2. The molecule has 1 aromatic heterocycles. The van der Waals surface area contributed by atoms with Crippen molar-refractivity contribution >= 4 is 5.69 Å². The summed E-state index contributed by atoms with van der Waals surface area (Å²) in [6.07, 6.45) is 1.64. The number of nitrogens with one attached hydrogen (secondary N) is 2. The molecule has 2 aromatic rings. The lowest BCUT2D eigenvalue weighted by atomic mass is 10.2. The summed E-state index contributed by atoms with van der Waals surface area (Å²) in [5, 5.41) is 14.0. The average molecular weight is 246 g/mol. The number of aryl methyl sites for hydroxylation is 1. The first kappa shape index (κ1) is 12.3. The van der Waals surface area contributed by atoms with Crippen molar-refractivity contribution in [3.05, 3.63) is 57.7 Å². The third kappa shape index (κ3) is 2.72. The van der Waals surface area contributed by atoms with E-state index in [1.807, 2.05) is 6.92 Å². The van der Waals surface area contributed by atoms with Gasteiger partial charge in [0.1, 0.15) is 0 Å². The van der Waals surface area contributed by atoms with Crippen LogP contribution in [0.5, 0.6) is 0 Å². The van der Waals surface area contributed by atoms with Crippen LogP contribution in [0.4, 0.5) is 5.69 Å². The van der Waals surface area contributed by atoms with E-state index in [2.05, 4.69) is 15.3 Å². The van der Waals surface area contributed by atoms with Gasteiger partial charge in [0.2, 0.25) is 0 Å².